The van der Waals surface area contributed by atoms with E-state index in [4.69, 9.17) is 11.6 Å². The Morgan fingerprint density at radius 3 is 2.48 bits per heavy atom. The van der Waals surface area contributed by atoms with Gasteiger partial charge in [-0.2, -0.15) is 0 Å². The zero-order valence-corrected chi connectivity index (χ0v) is 12.4. The summed E-state index contributed by atoms with van der Waals surface area (Å²) >= 11 is 5.93. The molecule has 0 saturated heterocycles. The van der Waals surface area contributed by atoms with Crippen molar-refractivity contribution in [1.82, 2.24) is 4.90 Å². The molecule has 1 atom stereocenters. The predicted octanol–water partition coefficient (Wildman–Crippen LogP) is 2.12. The molecule has 110 valence electrons. The van der Waals surface area contributed by atoms with Gasteiger partial charge in [0.15, 0.2) is 5.78 Å². The molecule has 1 heterocycles. The molecule has 0 N–H and O–H groups in total. The first-order valence-corrected chi connectivity index (χ1v) is 6.87. The number of benzene rings is 1. The maximum Gasteiger partial charge on any atom is 0.263 e. The Morgan fingerprint density at radius 2 is 1.90 bits per heavy atom. The summed E-state index contributed by atoms with van der Waals surface area (Å²) in [5.74, 6) is -2.05. The lowest BCUT2D eigenvalue weighted by atomic mass is 10.00. The molecule has 0 radical (unpaired) electrons. The lowest BCUT2D eigenvalue weighted by molar-refractivity contribution is -0.126. The lowest BCUT2D eigenvalue weighted by Crippen LogP contribution is -2.37. The first kappa shape index (κ1) is 15.4. The predicted molar refractivity (Wildman–Crippen MR) is 76.3 cm³/mol. The van der Waals surface area contributed by atoms with Crippen molar-refractivity contribution in [3.8, 4) is 0 Å². The molecule has 1 aliphatic heterocycles. The van der Waals surface area contributed by atoms with E-state index in [0.717, 1.165) is 4.90 Å². The Morgan fingerprint density at radius 1 is 1.24 bits per heavy atom. The van der Waals surface area contributed by atoms with Crippen molar-refractivity contribution in [2.75, 3.05) is 6.54 Å². The highest BCUT2D eigenvalue weighted by atomic mass is 35.5. The summed E-state index contributed by atoms with van der Waals surface area (Å²) in [5, 5.41) is 0.192. The molecule has 5 nitrogen and oxygen atoms in total. The Balaban J connectivity index is 2.19. The molecule has 1 aromatic carbocycles. The van der Waals surface area contributed by atoms with E-state index in [-0.39, 0.29) is 40.7 Å². The van der Waals surface area contributed by atoms with E-state index in [9.17, 15) is 19.2 Å². The molecule has 1 aliphatic rings. The number of nitrogens with zero attached hydrogens (tertiary/aromatic N) is 1. The number of hydrogen-bond donors (Lipinski definition) is 0. The molecule has 0 spiro atoms. The number of carbonyl (C=O) groups excluding carboxylic acids is 4. The topological polar surface area (TPSA) is 71.5 Å². The van der Waals surface area contributed by atoms with Gasteiger partial charge in [0.2, 0.25) is 0 Å². The number of carbonyl (C=O) groups is 4. The maximum absolute atomic E-state index is 12.2. The number of halogens is 1. The van der Waals surface area contributed by atoms with Gasteiger partial charge in [-0.3, -0.25) is 19.3 Å². The molecule has 0 saturated carbocycles. The molecule has 0 aliphatic carbocycles. The summed E-state index contributed by atoms with van der Waals surface area (Å²) in [4.78, 5) is 48.3. The van der Waals surface area contributed by atoms with Crippen molar-refractivity contribution >= 4 is 35.0 Å². The van der Waals surface area contributed by atoms with E-state index in [2.05, 4.69) is 0 Å². The number of rotatable bonds is 5. The third kappa shape index (κ3) is 2.88. The SMILES string of the molecule is CC(=O)CC(C)C(=O)CN1C(=O)c2cccc(Cl)c2C1=O. The van der Waals surface area contributed by atoms with Crippen LogP contribution in [0.4, 0.5) is 0 Å². The van der Waals surface area contributed by atoms with Gasteiger partial charge >= 0.3 is 0 Å². The number of ketones is 2. The second-order valence-corrected chi connectivity index (χ2v) is 5.54. The highest BCUT2D eigenvalue weighted by Gasteiger charge is 2.38. The molecule has 0 fully saturated rings. The van der Waals surface area contributed by atoms with E-state index in [1.807, 2.05) is 0 Å². The highest BCUT2D eigenvalue weighted by Crippen LogP contribution is 2.29. The van der Waals surface area contributed by atoms with Gasteiger partial charge < -0.3 is 4.79 Å². The molecule has 6 heteroatoms. The summed E-state index contributed by atoms with van der Waals surface area (Å²) in [5.41, 5.74) is 0.343. The average Bonchev–Trinajstić information content (AvgIpc) is 2.64. The molecule has 21 heavy (non-hydrogen) atoms. The molecule has 1 unspecified atom stereocenters. The molecule has 0 aromatic heterocycles. The van der Waals surface area contributed by atoms with Crippen molar-refractivity contribution in [1.29, 1.82) is 0 Å². The minimum absolute atomic E-state index is 0.1000. The van der Waals surface area contributed by atoms with Crippen molar-refractivity contribution in [3.63, 3.8) is 0 Å². The largest absolute Gasteiger partial charge is 0.300 e. The van der Waals surface area contributed by atoms with Crippen LogP contribution in [-0.4, -0.2) is 34.8 Å². The first-order valence-electron chi connectivity index (χ1n) is 6.49. The van der Waals surface area contributed by atoms with Crippen LogP contribution >= 0.6 is 11.6 Å². The summed E-state index contributed by atoms with van der Waals surface area (Å²) in [7, 11) is 0. The summed E-state index contributed by atoms with van der Waals surface area (Å²) in [6.45, 7) is 2.66. The van der Waals surface area contributed by atoms with Gasteiger partial charge in [-0.15, -0.1) is 0 Å². The van der Waals surface area contributed by atoms with E-state index in [0.29, 0.717) is 0 Å². The Hall–Kier alpha value is -2.01. The maximum atomic E-state index is 12.2. The molecular weight excluding hydrogens is 294 g/mol. The van der Waals surface area contributed by atoms with Gasteiger partial charge in [-0.25, -0.2) is 0 Å². The fourth-order valence-corrected chi connectivity index (χ4v) is 2.55. The third-order valence-corrected chi connectivity index (χ3v) is 3.72. The van der Waals surface area contributed by atoms with Crippen molar-refractivity contribution in [3.05, 3.63) is 34.3 Å². The third-order valence-electron chi connectivity index (χ3n) is 3.41. The Kier molecular flexibility index (Phi) is 4.23. The molecule has 0 bridgehead atoms. The Bertz CT molecular complexity index is 653. The normalized spacial score (nSPS) is 15.1. The minimum atomic E-state index is -0.566. The van der Waals surface area contributed by atoms with Crippen LogP contribution in [0.3, 0.4) is 0 Å². The number of fused-ring (bicyclic) bond motifs is 1. The number of Topliss-reactive ketones (excluding diaryl/α,β-unsaturated/α-hetero) is 2. The number of imide groups is 1. The van der Waals surface area contributed by atoms with Crippen LogP contribution in [0.2, 0.25) is 5.02 Å². The molecule has 1 aromatic rings. The zero-order valence-electron chi connectivity index (χ0n) is 11.7. The van der Waals surface area contributed by atoms with Gasteiger partial charge in [0.05, 0.1) is 22.7 Å². The summed E-state index contributed by atoms with van der Waals surface area (Å²) < 4.78 is 0. The number of hydrogen-bond acceptors (Lipinski definition) is 4. The smallest absolute Gasteiger partial charge is 0.263 e. The van der Waals surface area contributed by atoms with Crippen molar-refractivity contribution < 1.29 is 19.2 Å². The first-order chi connectivity index (χ1) is 9.82. The van der Waals surface area contributed by atoms with Crippen LogP contribution in [0, 0.1) is 5.92 Å². The quantitative estimate of drug-likeness (QED) is 0.781. The standard InChI is InChI=1S/C15H14ClNO4/c1-8(6-9(2)18)12(19)7-17-14(20)10-4-3-5-11(16)13(10)15(17)21/h3-5,8H,6-7H2,1-2H3. The molecule has 2 amide bonds. The second kappa shape index (κ2) is 5.77. The molecular formula is C15H14ClNO4. The van der Waals surface area contributed by atoms with E-state index in [1.54, 1.807) is 13.0 Å². The zero-order chi connectivity index (χ0) is 15.7. The van der Waals surface area contributed by atoms with Crippen molar-refractivity contribution in [2.24, 2.45) is 5.92 Å². The van der Waals surface area contributed by atoms with E-state index in [1.165, 1.54) is 19.1 Å². The average molecular weight is 308 g/mol. The van der Waals surface area contributed by atoms with E-state index >= 15 is 0 Å². The monoisotopic (exact) mass is 307 g/mol. The van der Waals surface area contributed by atoms with Crippen LogP contribution < -0.4 is 0 Å². The van der Waals surface area contributed by atoms with Crippen LogP contribution in [0.5, 0.6) is 0 Å². The van der Waals surface area contributed by atoms with Crippen LogP contribution in [0.15, 0.2) is 18.2 Å². The van der Waals surface area contributed by atoms with Gasteiger partial charge in [0.1, 0.15) is 5.78 Å². The fourth-order valence-electron chi connectivity index (χ4n) is 2.29. The second-order valence-electron chi connectivity index (χ2n) is 5.13. The van der Waals surface area contributed by atoms with Gasteiger partial charge in [0.25, 0.3) is 11.8 Å². The van der Waals surface area contributed by atoms with Crippen LogP contribution in [0.1, 0.15) is 41.0 Å². The van der Waals surface area contributed by atoms with Gasteiger partial charge in [-0.05, 0) is 19.1 Å². The number of amides is 2. The Labute approximate surface area is 126 Å². The van der Waals surface area contributed by atoms with Crippen molar-refractivity contribution in [2.45, 2.75) is 20.3 Å². The fraction of sp³-hybridized carbons (Fsp3) is 0.333. The van der Waals surface area contributed by atoms with Gasteiger partial charge in [-0.1, -0.05) is 24.6 Å². The van der Waals surface area contributed by atoms with Crippen LogP contribution in [-0.2, 0) is 9.59 Å². The van der Waals surface area contributed by atoms with E-state index < -0.39 is 17.7 Å². The summed E-state index contributed by atoms with van der Waals surface area (Å²) in [6.07, 6.45) is 0.1000. The lowest BCUT2D eigenvalue weighted by Gasteiger charge is -2.15. The highest BCUT2D eigenvalue weighted by molar-refractivity contribution is 6.37. The minimum Gasteiger partial charge on any atom is -0.300 e. The van der Waals surface area contributed by atoms with Crippen LogP contribution in [0.25, 0.3) is 0 Å². The summed E-state index contributed by atoms with van der Waals surface area (Å²) in [6, 6.07) is 4.61. The molecule has 2 rings (SSSR count). The van der Waals surface area contributed by atoms with Gasteiger partial charge in [0, 0.05) is 12.3 Å².